The monoisotopic (exact) mass is 362 g/mol. The summed E-state index contributed by atoms with van der Waals surface area (Å²) in [5, 5.41) is 60.5. The minimum atomic E-state index is -1.61. The average molecular weight is 362 g/mol. The first-order valence-corrected chi connectivity index (χ1v) is 8.11. The summed E-state index contributed by atoms with van der Waals surface area (Å²) in [4.78, 5) is 0. The summed E-state index contributed by atoms with van der Waals surface area (Å²) in [6.45, 7) is 0.895. The van der Waals surface area contributed by atoms with Crippen molar-refractivity contribution < 1.29 is 49.6 Å². The van der Waals surface area contributed by atoms with Gasteiger partial charge in [-0.2, -0.15) is 0 Å². The van der Waals surface area contributed by atoms with Crippen LogP contribution < -0.4 is 0 Å². The van der Waals surface area contributed by atoms with Crippen LogP contribution in [-0.2, 0) is 18.9 Å². The van der Waals surface area contributed by atoms with E-state index in [-0.39, 0.29) is 0 Å². The third-order valence-corrected chi connectivity index (χ3v) is 5.59. The minimum absolute atomic E-state index is 0.574. The molecule has 11 atom stereocenters. The Morgan fingerprint density at radius 1 is 1.00 bits per heavy atom. The van der Waals surface area contributed by atoms with Crippen molar-refractivity contribution in [3.8, 4) is 0 Å². The average Bonchev–Trinajstić information content (AvgIpc) is 3.34. The highest BCUT2D eigenvalue weighted by molar-refractivity contribution is 5.30. The molecule has 0 bridgehead atoms. The molecule has 0 aromatic carbocycles. The quantitative estimate of drug-likeness (QED) is 0.278. The highest BCUT2D eigenvalue weighted by Crippen LogP contribution is 2.58. The lowest BCUT2D eigenvalue weighted by Crippen LogP contribution is -2.62. The van der Waals surface area contributed by atoms with Gasteiger partial charge < -0.3 is 49.6 Å². The van der Waals surface area contributed by atoms with Crippen molar-refractivity contribution in [2.45, 2.75) is 67.3 Å². The molecule has 10 heteroatoms. The molecule has 1 saturated carbocycles. The molecule has 142 valence electrons. The summed E-state index contributed by atoms with van der Waals surface area (Å²) >= 11 is 0. The van der Waals surface area contributed by atoms with E-state index in [1.807, 2.05) is 0 Å². The zero-order valence-electron chi connectivity index (χ0n) is 13.4. The van der Waals surface area contributed by atoms with Gasteiger partial charge in [0, 0.05) is 0 Å². The van der Waals surface area contributed by atoms with Crippen LogP contribution in [0.15, 0.2) is 12.3 Å². The molecule has 4 rings (SSSR count). The molecule has 10 nitrogen and oxygen atoms in total. The number of fused-ring (bicyclic) bond motifs is 3. The Hall–Kier alpha value is -0.820. The van der Waals surface area contributed by atoms with Gasteiger partial charge in [0.25, 0.3) is 0 Å². The normalized spacial score (nSPS) is 59.9. The van der Waals surface area contributed by atoms with E-state index in [1.54, 1.807) is 0 Å². The molecule has 3 aliphatic heterocycles. The van der Waals surface area contributed by atoms with Crippen molar-refractivity contribution >= 4 is 0 Å². The molecule has 0 amide bonds. The highest BCUT2D eigenvalue weighted by Gasteiger charge is 2.77. The maximum atomic E-state index is 10.9. The predicted molar refractivity (Wildman–Crippen MR) is 76.6 cm³/mol. The molecule has 25 heavy (non-hydrogen) atoms. The second-order valence-corrected chi connectivity index (χ2v) is 7.21. The van der Waals surface area contributed by atoms with E-state index >= 15 is 0 Å². The molecular weight excluding hydrogens is 340 g/mol. The first kappa shape index (κ1) is 17.6. The number of rotatable bonds is 3. The molecular formula is C15H22O10. The van der Waals surface area contributed by atoms with Crippen molar-refractivity contribution in [2.24, 2.45) is 5.92 Å². The van der Waals surface area contributed by atoms with Crippen LogP contribution in [0.4, 0.5) is 0 Å². The van der Waals surface area contributed by atoms with Gasteiger partial charge in [0.2, 0.25) is 6.29 Å². The fraction of sp³-hybridized carbons (Fsp3) is 0.867. The van der Waals surface area contributed by atoms with Crippen molar-refractivity contribution in [3.05, 3.63) is 12.3 Å². The molecule has 0 radical (unpaired) electrons. The summed E-state index contributed by atoms with van der Waals surface area (Å²) in [6.07, 6.45) is -7.08. The maximum Gasteiger partial charge on any atom is 0.210 e. The van der Waals surface area contributed by atoms with Gasteiger partial charge in [0.05, 0.1) is 18.8 Å². The number of ether oxygens (including phenoxy) is 4. The van der Waals surface area contributed by atoms with Gasteiger partial charge in [-0.25, -0.2) is 0 Å². The zero-order valence-corrected chi connectivity index (χ0v) is 13.4. The third-order valence-electron chi connectivity index (χ3n) is 5.59. The fourth-order valence-corrected chi connectivity index (χ4v) is 4.15. The Morgan fingerprint density at radius 3 is 2.40 bits per heavy atom. The Labute approximate surface area is 142 Å². The molecule has 3 fully saturated rings. The van der Waals surface area contributed by atoms with E-state index in [2.05, 4.69) is 0 Å². The third kappa shape index (κ3) is 2.37. The lowest BCUT2D eigenvalue weighted by atomic mass is 9.80. The van der Waals surface area contributed by atoms with Gasteiger partial charge in [-0.15, -0.1) is 0 Å². The number of epoxide rings is 1. The van der Waals surface area contributed by atoms with Crippen molar-refractivity contribution in [2.75, 3.05) is 6.61 Å². The van der Waals surface area contributed by atoms with Crippen molar-refractivity contribution in [3.63, 3.8) is 0 Å². The molecule has 2 saturated heterocycles. The molecule has 0 aromatic heterocycles. The van der Waals surface area contributed by atoms with Crippen LogP contribution in [0.1, 0.15) is 6.92 Å². The van der Waals surface area contributed by atoms with E-state index in [0.717, 1.165) is 0 Å². The van der Waals surface area contributed by atoms with Crippen molar-refractivity contribution in [1.29, 1.82) is 0 Å². The lowest BCUT2D eigenvalue weighted by Gasteiger charge is -2.46. The van der Waals surface area contributed by atoms with Crippen LogP contribution in [-0.4, -0.2) is 97.7 Å². The van der Waals surface area contributed by atoms with E-state index in [9.17, 15) is 30.6 Å². The van der Waals surface area contributed by atoms with Crippen LogP contribution in [0.2, 0.25) is 0 Å². The summed E-state index contributed by atoms with van der Waals surface area (Å²) in [5.74, 6) is -0.930. The Bertz CT molecular complexity index is 565. The Kier molecular flexibility index (Phi) is 3.93. The largest absolute Gasteiger partial charge is 0.472 e. The van der Waals surface area contributed by atoms with Gasteiger partial charge in [-0.05, 0) is 13.0 Å². The molecule has 4 aliphatic rings. The first-order valence-electron chi connectivity index (χ1n) is 8.11. The van der Waals surface area contributed by atoms with Gasteiger partial charge in [0.15, 0.2) is 6.29 Å². The smallest absolute Gasteiger partial charge is 0.210 e. The lowest BCUT2D eigenvalue weighted by molar-refractivity contribution is -0.354. The summed E-state index contributed by atoms with van der Waals surface area (Å²) in [5.41, 5.74) is -2.96. The van der Waals surface area contributed by atoms with E-state index < -0.39 is 72.9 Å². The van der Waals surface area contributed by atoms with Crippen LogP contribution in [0.3, 0.4) is 0 Å². The second kappa shape index (κ2) is 5.59. The van der Waals surface area contributed by atoms with Crippen LogP contribution >= 0.6 is 0 Å². The molecule has 3 heterocycles. The minimum Gasteiger partial charge on any atom is -0.472 e. The van der Waals surface area contributed by atoms with Crippen LogP contribution in [0, 0.1) is 5.92 Å². The van der Waals surface area contributed by atoms with Gasteiger partial charge >= 0.3 is 0 Å². The van der Waals surface area contributed by atoms with Gasteiger partial charge in [0.1, 0.15) is 47.8 Å². The zero-order chi connectivity index (χ0) is 18.1. The van der Waals surface area contributed by atoms with E-state index in [4.69, 9.17) is 18.9 Å². The molecule has 1 aliphatic carbocycles. The molecule has 6 N–H and O–H groups in total. The molecule has 0 spiro atoms. The summed E-state index contributed by atoms with van der Waals surface area (Å²) < 4.78 is 21.5. The Morgan fingerprint density at radius 2 is 1.72 bits per heavy atom. The second-order valence-electron chi connectivity index (χ2n) is 7.21. The molecule has 0 aromatic rings. The van der Waals surface area contributed by atoms with E-state index in [0.29, 0.717) is 0 Å². The van der Waals surface area contributed by atoms with Crippen LogP contribution in [0.5, 0.6) is 0 Å². The number of hydrogen-bond donors (Lipinski definition) is 6. The SMILES string of the molecule is CC1(O)C2OC2C2(O)C=COC(OC3OC(CO)C(O)C(O)C3O)C12. The highest BCUT2D eigenvalue weighted by atomic mass is 16.8. The van der Waals surface area contributed by atoms with Crippen LogP contribution in [0.25, 0.3) is 0 Å². The molecule has 11 unspecified atom stereocenters. The number of hydrogen-bond acceptors (Lipinski definition) is 10. The maximum absolute atomic E-state index is 10.9. The predicted octanol–water partition coefficient (Wildman–Crippen LogP) is -3.45. The summed E-state index contributed by atoms with van der Waals surface area (Å²) in [7, 11) is 0. The van der Waals surface area contributed by atoms with Crippen molar-refractivity contribution in [1.82, 2.24) is 0 Å². The Balaban J connectivity index is 1.55. The first-order chi connectivity index (χ1) is 11.7. The topological polar surface area (TPSA) is 162 Å². The van der Waals surface area contributed by atoms with Gasteiger partial charge in [-0.3, -0.25) is 0 Å². The van der Waals surface area contributed by atoms with Gasteiger partial charge in [-0.1, -0.05) is 0 Å². The van der Waals surface area contributed by atoms with E-state index in [1.165, 1.54) is 19.3 Å². The fourth-order valence-electron chi connectivity index (χ4n) is 4.15. The standard InChI is InChI=1S/C15H22O10/c1-14(20)9-13(22-3-2-15(9,21)11-10(14)24-11)25-12-8(19)7(18)6(17)5(4-16)23-12/h2-3,5-13,16-21H,4H2,1H3. The number of aliphatic hydroxyl groups is 6. The number of aliphatic hydroxyl groups excluding tert-OH is 4. The summed E-state index contributed by atoms with van der Waals surface area (Å²) in [6, 6.07) is 0.